The Hall–Kier alpha value is -3.39. The molecule has 5 rings (SSSR count). The summed E-state index contributed by atoms with van der Waals surface area (Å²) < 4.78 is 0. The van der Waals surface area contributed by atoms with Crippen molar-refractivity contribution in [1.82, 2.24) is 0 Å². The minimum Gasteiger partial charge on any atom is -0.363 e. The van der Waals surface area contributed by atoms with Crippen LogP contribution < -0.4 is 4.90 Å². The van der Waals surface area contributed by atoms with Crippen LogP contribution in [0.4, 0.5) is 11.4 Å². The number of hydrogen-bond acceptors (Lipinski definition) is 2. The number of nitrogens with zero attached hydrogens (tertiary/aromatic N) is 2. The molecule has 0 saturated heterocycles. The quantitative estimate of drug-likeness (QED) is 0.362. The molecule has 0 radical (unpaired) electrons. The van der Waals surface area contributed by atoms with Gasteiger partial charge in [0.15, 0.2) is 0 Å². The zero-order valence-electron chi connectivity index (χ0n) is 16.9. The molecule has 1 aliphatic rings. The van der Waals surface area contributed by atoms with E-state index in [2.05, 4.69) is 97.6 Å². The second-order valence-electron chi connectivity index (χ2n) is 7.90. The summed E-state index contributed by atoms with van der Waals surface area (Å²) in [6.45, 7) is 6.35. The third kappa shape index (κ3) is 3.42. The maximum Gasteiger partial charge on any atom is 0.0631 e. The monoisotopic (exact) mass is 376 g/mol. The van der Waals surface area contributed by atoms with Gasteiger partial charge in [0.1, 0.15) is 0 Å². The van der Waals surface area contributed by atoms with Crippen molar-refractivity contribution in [2.45, 2.75) is 26.9 Å². The van der Waals surface area contributed by atoms with Crippen LogP contribution in [0.5, 0.6) is 0 Å². The Morgan fingerprint density at radius 2 is 1.41 bits per heavy atom. The molecule has 4 aromatic rings. The first-order valence-corrected chi connectivity index (χ1v) is 10.1. The second kappa shape index (κ2) is 7.21. The van der Waals surface area contributed by atoms with Crippen molar-refractivity contribution in [2.75, 3.05) is 4.90 Å². The smallest absolute Gasteiger partial charge is 0.0631 e. The van der Waals surface area contributed by atoms with Gasteiger partial charge in [0.25, 0.3) is 0 Å². The number of aliphatic imine (C=N–C) groups is 1. The third-order valence-electron chi connectivity index (χ3n) is 5.93. The number of hydrogen-bond donors (Lipinski definition) is 0. The van der Waals surface area contributed by atoms with Crippen LogP contribution in [0.15, 0.2) is 83.9 Å². The van der Waals surface area contributed by atoms with E-state index in [-0.39, 0.29) is 0 Å². The Morgan fingerprint density at radius 3 is 2.14 bits per heavy atom. The minimum atomic E-state index is 0.977. The van der Waals surface area contributed by atoms with Gasteiger partial charge in [0.2, 0.25) is 0 Å². The van der Waals surface area contributed by atoms with Crippen LogP contribution in [0, 0.1) is 13.8 Å². The lowest BCUT2D eigenvalue weighted by atomic mass is 10.0. The maximum absolute atomic E-state index is 4.71. The van der Waals surface area contributed by atoms with Crippen molar-refractivity contribution in [3.05, 3.63) is 107 Å². The summed E-state index contributed by atoms with van der Waals surface area (Å²) >= 11 is 0. The Kier molecular flexibility index (Phi) is 4.40. The Labute approximate surface area is 172 Å². The molecule has 2 nitrogen and oxygen atoms in total. The first-order valence-electron chi connectivity index (χ1n) is 10.1. The fraction of sp³-hybridized carbons (Fsp3) is 0.148. The number of fused-ring (bicyclic) bond motifs is 2. The minimum absolute atomic E-state index is 0.977. The highest BCUT2D eigenvalue weighted by Crippen LogP contribution is 2.31. The molecule has 0 unspecified atom stereocenters. The zero-order chi connectivity index (χ0) is 19.8. The fourth-order valence-corrected chi connectivity index (χ4v) is 4.14. The largest absolute Gasteiger partial charge is 0.363 e. The summed E-state index contributed by atoms with van der Waals surface area (Å²) in [5, 5.41) is 2.47. The summed E-state index contributed by atoms with van der Waals surface area (Å²) in [6.07, 6.45) is 1.97. The van der Waals surface area contributed by atoms with E-state index in [0.717, 1.165) is 24.3 Å². The van der Waals surface area contributed by atoms with E-state index in [1.165, 1.54) is 38.7 Å². The van der Waals surface area contributed by atoms with Gasteiger partial charge in [-0.05, 0) is 71.1 Å². The van der Waals surface area contributed by atoms with E-state index in [9.17, 15) is 0 Å². The molecule has 0 spiro atoms. The Bertz CT molecular complexity index is 1180. The van der Waals surface area contributed by atoms with Crippen LogP contribution in [0.1, 0.15) is 27.8 Å². The molecule has 142 valence electrons. The van der Waals surface area contributed by atoms with Crippen LogP contribution in [-0.4, -0.2) is 6.21 Å². The average Bonchev–Trinajstić information content (AvgIpc) is 3.15. The molecule has 0 amide bonds. The Balaban J connectivity index is 1.35. The number of anilines is 1. The Morgan fingerprint density at radius 1 is 0.759 bits per heavy atom. The fourth-order valence-electron chi connectivity index (χ4n) is 4.14. The van der Waals surface area contributed by atoms with Gasteiger partial charge in [0, 0.05) is 30.6 Å². The molecule has 0 bridgehead atoms. The third-order valence-corrected chi connectivity index (χ3v) is 5.93. The van der Waals surface area contributed by atoms with E-state index < -0.39 is 0 Å². The van der Waals surface area contributed by atoms with Crippen LogP contribution >= 0.6 is 0 Å². The van der Waals surface area contributed by atoms with Crippen molar-refractivity contribution >= 4 is 28.4 Å². The molecule has 4 aromatic carbocycles. The van der Waals surface area contributed by atoms with Crippen LogP contribution in [0.2, 0.25) is 0 Å². The van der Waals surface area contributed by atoms with Crippen molar-refractivity contribution < 1.29 is 0 Å². The van der Waals surface area contributed by atoms with Gasteiger partial charge in [-0.25, -0.2) is 0 Å². The molecule has 0 saturated carbocycles. The van der Waals surface area contributed by atoms with Crippen molar-refractivity contribution in [2.24, 2.45) is 4.99 Å². The van der Waals surface area contributed by atoms with Gasteiger partial charge in [-0.3, -0.25) is 4.99 Å². The zero-order valence-corrected chi connectivity index (χ0v) is 16.9. The molecule has 2 heteroatoms. The van der Waals surface area contributed by atoms with Gasteiger partial charge < -0.3 is 4.90 Å². The average molecular weight is 377 g/mol. The molecule has 0 fully saturated rings. The molecule has 0 aliphatic carbocycles. The second-order valence-corrected chi connectivity index (χ2v) is 7.90. The molecule has 29 heavy (non-hydrogen) atoms. The van der Waals surface area contributed by atoms with Crippen molar-refractivity contribution in [3.63, 3.8) is 0 Å². The summed E-state index contributed by atoms with van der Waals surface area (Å²) in [4.78, 5) is 7.15. The molecule has 0 N–H and O–H groups in total. The summed E-state index contributed by atoms with van der Waals surface area (Å²) in [5.74, 6) is 0. The number of aryl methyl sites for hydroxylation is 2. The normalized spacial score (nSPS) is 13.4. The van der Waals surface area contributed by atoms with E-state index in [1.54, 1.807) is 0 Å². The van der Waals surface area contributed by atoms with E-state index >= 15 is 0 Å². The van der Waals surface area contributed by atoms with Crippen LogP contribution in [0.3, 0.4) is 0 Å². The van der Waals surface area contributed by atoms with Crippen molar-refractivity contribution in [1.29, 1.82) is 0 Å². The van der Waals surface area contributed by atoms with Gasteiger partial charge in [-0.1, -0.05) is 54.6 Å². The predicted octanol–water partition coefficient (Wildman–Crippen LogP) is 6.73. The summed E-state index contributed by atoms with van der Waals surface area (Å²) in [6, 6.07) is 28.0. The predicted molar refractivity (Wildman–Crippen MR) is 123 cm³/mol. The van der Waals surface area contributed by atoms with Gasteiger partial charge in [-0.2, -0.15) is 0 Å². The maximum atomic E-state index is 4.71. The van der Waals surface area contributed by atoms with Crippen LogP contribution in [0.25, 0.3) is 10.8 Å². The van der Waals surface area contributed by atoms with Gasteiger partial charge >= 0.3 is 0 Å². The summed E-state index contributed by atoms with van der Waals surface area (Å²) in [7, 11) is 0. The van der Waals surface area contributed by atoms with E-state index in [4.69, 9.17) is 4.99 Å². The lowest BCUT2D eigenvalue weighted by Gasteiger charge is -2.17. The molecule has 1 aliphatic heterocycles. The first kappa shape index (κ1) is 17.7. The van der Waals surface area contributed by atoms with E-state index in [0.29, 0.717) is 0 Å². The highest BCUT2D eigenvalue weighted by atomic mass is 15.1. The molecular weight excluding hydrogens is 352 g/mol. The lowest BCUT2D eigenvalue weighted by Crippen LogP contribution is -2.13. The topological polar surface area (TPSA) is 15.6 Å². The molecule has 1 heterocycles. The summed E-state index contributed by atoms with van der Waals surface area (Å²) in [5.41, 5.74) is 9.03. The van der Waals surface area contributed by atoms with Crippen molar-refractivity contribution in [3.8, 4) is 0 Å². The molecule has 0 aromatic heterocycles. The van der Waals surface area contributed by atoms with Gasteiger partial charge in [0.05, 0.1) is 5.69 Å². The SMILES string of the molecule is Cc1cc2c(cc1C)CN(c1ccc(N=Cc3cccc4ccccc34)cc1)C2. The highest BCUT2D eigenvalue weighted by molar-refractivity contribution is 6.00. The molecular formula is C27H24N2. The number of benzene rings is 4. The lowest BCUT2D eigenvalue weighted by molar-refractivity contribution is 0.880. The number of rotatable bonds is 3. The highest BCUT2D eigenvalue weighted by Gasteiger charge is 2.19. The van der Waals surface area contributed by atoms with Crippen LogP contribution in [-0.2, 0) is 13.1 Å². The first-order chi connectivity index (χ1) is 14.2. The van der Waals surface area contributed by atoms with E-state index in [1.807, 2.05) is 6.21 Å². The molecule has 0 atom stereocenters. The standard InChI is InChI=1S/C27H24N2/c1-19-14-23-17-29(18-24(23)15-20(19)2)26-12-10-25(11-13-26)28-16-22-8-5-7-21-6-3-4-9-27(21)22/h3-16H,17-18H2,1-2H3. The van der Waals surface area contributed by atoms with Gasteiger partial charge in [-0.15, -0.1) is 0 Å².